The summed E-state index contributed by atoms with van der Waals surface area (Å²) < 4.78 is 0. The molecule has 3 amide bonds. The van der Waals surface area contributed by atoms with E-state index in [-0.39, 0.29) is 12.1 Å². The van der Waals surface area contributed by atoms with Crippen LogP contribution < -0.4 is 10.4 Å². The minimum absolute atomic E-state index is 0.0223. The predicted octanol–water partition coefficient (Wildman–Crippen LogP) is 2.64. The molecule has 1 saturated heterocycles. The van der Waals surface area contributed by atoms with Gasteiger partial charge in [-0.1, -0.05) is 30.3 Å². The summed E-state index contributed by atoms with van der Waals surface area (Å²) >= 11 is 0. The number of nitrogens with zero attached hydrogens (tertiary/aromatic N) is 2. The highest BCUT2D eigenvalue weighted by molar-refractivity contribution is 5.95. The fraction of sp³-hybridized carbons (Fsp3) is 0.222. The van der Waals surface area contributed by atoms with Crippen LogP contribution in [0.5, 0.6) is 0 Å². The standard InChI is InChI=1S/C18H19N3O3/c1-13-11-20(18(23)21(13)16-5-3-2-4-6-16)12-14-7-9-15(10-8-14)17(22)19-24/h2-10,13,24H,11-12H2,1H3,(H,19,22). The van der Waals surface area contributed by atoms with Crippen LogP contribution in [0.3, 0.4) is 0 Å². The van der Waals surface area contributed by atoms with Gasteiger partial charge in [0.2, 0.25) is 0 Å². The van der Waals surface area contributed by atoms with Gasteiger partial charge in [0.25, 0.3) is 5.91 Å². The third-order valence-corrected chi connectivity index (χ3v) is 4.13. The Balaban J connectivity index is 1.72. The monoisotopic (exact) mass is 325 g/mol. The van der Waals surface area contributed by atoms with Crippen molar-refractivity contribution in [2.45, 2.75) is 19.5 Å². The van der Waals surface area contributed by atoms with Gasteiger partial charge in [0.05, 0.1) is 6.04 Å². The zero-order valence-electron chi connectivity index (χ0n) is 13.3. The summed E-state index contributed by atoms with van der Waals surface area (Å²) in [5.41, 5.74) is 3.80. The van der Waals surface area contributed by atoms with Gasteiger partial charge in [-0.3, -0.25) is 14.9 Å². The number of urea groups is 1. The van der Waals surface area contributed by atoms with E-state index in [2.05, 4.69) is 0 Å². The quantitative estimate of drug-likeness (QED) is 0.670. The van der Waals surface area contributed by atoms with Gasteiger partial charge in [-0.2, -0.15) is 0 Å². The Labute approximate surface area is 140 Å². The summed E-state index contributed by atoms with van der Waals surface area (Å²) in [6.45, 7) is 3.15. The summed E-state index contributed by atoms with van der Waals surface area (Å²) in [6, 6.07) is 16.5. The normalized spacial score (nSPS) is 17.2. The molecule has 2 aromatic carbocycles. The largest absolute Gasteiger partial charge is 0.325 e. The molecule has 1 aliphatic rings. The molecular formula is C18H19N3O3. The van der Waals surface area contributed by atoms with Crippen LogP contribution in [-0.4, -0.2) is 34.6 Å². The maximum Gasteiger partial charge on any atom is 0.325 e. The van der Waals surface area contributed by atoms with E-state index in [9.17, 15) is 9.59 Å². The summed E-state index contributed by atoms with van der Waals surface area (Å²) in [5.74, 6) is -0.553. The Morgan fingerprint density at radius 2 is 1.83 bits per heavy atom. The second kappa shape index (κ2) is 6.72. The molecule has 24 heavy (non-hydrogen) atoms. The van der Waals surface area contributed by atoms with E-state index in [0.717, 1.165) is 11.3 Å². The van der Waals surface area contributed by atoms with Crippen molar-refractivity contribution in [2.24, 2.45) is 0 Å². The van der Waals surface area contributed by atoms with E-state index in [4.69, 9.17) is 5.21 Å². The van der Waals surface area contributed by atoms with Crippen molar-refractivity contribution in [3.05, 3.63) is 65.7 Å². The first kappa shape index (κ1) is 16.0. The molecule has 1 heterocycles. The molecule has 1 atom stereocenters. The molecule has 2 aromatic rings. The van der Waals surface area contributed by atoms with Crippen LogP contribution in [0.2, 0.25) is 0 Å². The summed E-state index contributed by atoms with van der Waals surface area (Å²) in [5, 5.41) is 8.63. The lowest BCUT2D eigenvalue weighted by molar-refractivity contribution is 0.0706. The fourth-order valence-corrected chi connectivity index (χ4v) is 2.95. The van der Waals surface area contributed by atoms with Crippen LogP contribution in [0.1, 0.15) is 22.8 Å². The van der Waals surface area contributed by atoms with E-state index in [0.29, 0.717) is 18.7 Å². The first-order chi connectivity index (χ1) is 11.6. The molecule has 1 unspecified atom stereocenters. The number of amides is 3. The lowest BCUT2D eigenvalue weighted by atomic mass is 10.1. The molecule has 0 spiro atoms. The lowest BCUT2D eigenvalue weighted by Crippen LogP contribution is -2.33. The number of hydroxylamine groups is 1. The van der Waals surface area contributed by atoms with Crippen LogP contribution in [-0.2, 0) is 6.54 Å². The van der Waals surface area contributed by atoms with Gasteiger partial charge in [0, 0.05) is 24.3 Å². The number of nitrogens with one attached hydrogen (secondary N) is 1. The summed E-state index contributed by atoms with van der Waals surface area (Å²) in [4.78, 5) is 27.6. The Morgan fingerprint density at radius 1 is 1.17 bits per heavy atom. The molecule has 0 aromatic heterocycles. The zero-order chi connectivity index (χ0) is 17.1. The molecule has 0 bridgehead atoms. The SMILES string of the molecule is CC1CN(Cc2ccc(C(=O)NO)cc2)C(=O)N1c1ccccc1. The molecule has 0 aliphatic carbocycles. The van der Waals surface area contributed by atoms with Gasteiger partial charge in [-0.15, -0.1) is 0 Å². The third-order valence-electron chi connectivity index (χ3n) is 4.13. The van der Waals surface area contributed by atoms with Crippen LogP contribution in [0, 0.1) is 0 Å². The first-order valence-corrected chi connectivity index (χ1v) is 7.76. The van der Waals surface area contributed by atoms with Crippen LogP contribution in [0.25, 0.3) is 0 Å². The van der Waals surface area contributed by atoms with Crippen LogP contribution >= 0.6 is 0 Å². The Kier molecular flexibility index (Phi) is 4.48. The minimum atomic E-state index is -0.553. The number of carbonyl (C=O) groups excluding carboxylic acids is 2. The van der Waals surface area contributed by atoms with Crippen molar-refractivity contribution >= 4 is 17.6 Å². The minimum Gasteiger partial charge on any atom is -0.318 e. The van der Waals surface area contributed by atoms with Gasteiger partial charge in [-0.25, -0.2) is 10.3 Å². The Bertz CT molecular complexity index is 731. The molecule has 124 valence electrons. The predicted molar refractivity (Wildman–Crippen MR) is 89.9 cm³/mol. The molecule has 0 saturated carbocycles. The summed E-state index contributed by atoms with van der Waals surface area (Å²) in [7, 11) is 0. The van der Waals surface area contributed by atoms with Gasteiger partial charge < -0.3 is 4.90 Å². The average molecular weight is 325 g/mol. The Morgan fingerprint density at radius 3 is 2.46 bits per heavy atom. The second-order valence-corrected chi connectivity index (χ2v) is 5.86. The van der Waals surface area contributed by atoms with Gasteiger partial charge in [-0.05, 0) is 36.8 Å². The smallest absolute Gasteiger partial charge is 0.318 e. The van der Waals surface area contributed by atoms with Crippen molar-refractivity contribution in [2.75, 3.05) is 11.4 Å². The molecule has 6 nitrogen and oxygen atoms in total. The van der Waals surface area contributed by atoms with Crippen molar-refractivity contribution in [1.29, 1.82) is 0 Å². The maximum atomic E-state index is 12.7. The molecule has 1 fully saturated rings. The number of hydrogen-bond acceptors (Lipinski definition) is 3. The number of rotatable bonds is 4. The number of anilines is 1. The molecule has 1 aliphatic heterocycles. The molecule has 0 radical (unpaired) electrons. The number of carbonyl (C=O) groups is 2. The fourth-order valence-electron chi connectivity index (χ4n) is 2.95. The number of benzene rings is 2. The number of hydrogen-bond donors (Lipinski definition) is 2. The molecule has 6 heteroatoms. The van der Waals surface area contributed by atoms with Gasteiger partial charge in [0.1, 0.15) is 0 Å². The first-order valence-electron chi connectivity index (χ1n) is 7.76. The summed E-state index contributed by atoms with van der Waals surface area (Å²) in [6.07, 6.45) is 0. The van der Waals surface area contributed by atoms with Gasteiger partial charge >= 0.3 is 6.03 Å². The highest BCUT2D eigenvalue weighted by Gasteiger charge is 2.35. The van der Waals surface area contributed by atoms with E-state index >= 15 is 0 Å². The van der Waals surface area contributed by atoms with Crippen molar-refractivity contribution in [3.8, 4) is 0 Å². The van der Waals surface area contributed by atoms with Gasteiger partial charge in [0.15, 0.2) is 0 Å². The van der Waals surface area contributed by atoms with Crippen molar-refractivity contribution < 1.29 is 14.8 Å². The lowest BCUT2D eigenvalue weighted by Gasteiger charge is -2.20. The second-order valence-electron chi connectivity index (χ2n) is 5.86. The zero-order valence-corrected chi connectivity index (χ0v) is 13.3. The highest BCUT2D eigenvalue weighted by atomic mass is 16.5. The molecule has 3 rings (SSSR count). The van der Waals surface area contributed by atoms with Crippen molar-refractivity contribution in [3.63, 3.8) is 0 Å². The van der Waals surface area contributed by atoms with Crippen molar-refractivity contribution in [1.82, 2.24) is 10.4 Å². The van der Waals surface area contributed by atoms with Crippen LogP contribution in [0.15, 0.2) is 54.6 Å². The molecule has 2 N–H and O–H groups in total. The Hall–Kier alpha value is -2.86. The van der Waals surface area contributed by atoms with E-state index in [1.54, 1.807) is 39.5 Å². The molecular weight excluding hydrogens is 306 g/mol. The number of para-hydroxylation sites is 1. The highest BCUT2D eigenvalue weighted by Crippen LogP contribution is 2.25. The third kappa shape index (κ3) is 3.09. The maximum absolute atomic E-state index is 12.7. The van der Waals surface area contributed by atoms with E-state index in [1.165, 1.54) is 0 Å². The van der Waals surface area contributed by atoms with Crippen LogP contribution in [0.4, 0.5) is 10.5 Å². The van der Waals surface area contributed by atoms with E-state index < -0.39 is 5.91 Å². The topological polar surface area (TPSA) is 72.9 Å². The van der Waals surface area contributed by atoms with E-state index in [1.807, 2.05) is 37.3 Å². The average Bonchev–Trinajstić information content (AvgIpc) is 2.89.